The molecule has 2 N–H and O–H groups in total. The fraction of sp³-hybridized carbons (Fsp3) is 0.462. The average Bonchev–Trinajstić information content (AvgIpc) is 2.92. The molecular formula is C13H20N6. The Bertz CT molecular complexity index is 494. The van der Waals surface area contributed by atoms with Gasteiger partial charge >= 0.3 is 0 Å². The molecule has 0 aliphatic carbocycles. The minimum absolute atomic E-state index is 0.785. The predicted octanol–water partition coefficient (Wildman–Crippen LogP) is 1.78. The first kappa shape index (κ1) is 13.3. The lowest BCUT2D eigenvalue weighted by Crippen LogP contribution is -2.13. The van der Waals surface area contributed by atoms with Gasteiger partial charge in [-0.15, -0.1) is 0 Å². The third kappa shape index (κ3) is 3.94. The molecule has 2 heterocycles. The zero-order valence-electron chi connectivity index (χ0n) is 11.4. The largest absolute Gasteiger partial charge is 0.370 e. The molecule has 19 heavy (non-hydrogen) atoms. The lowest BCUT2D eigenvalue weighted by atomic mass is 10.4. The summed E-state index contributed by atoms with van der Waals surface area (Å²) < 4.78 is 1.89. The molecule has 0 unspecified atom stereocenters. The van der Waals surface area contributed by atoms with E-state index in [0.717, 1.165) is 43.5 Å². The summed E-state index contributed by atoms with van der Waals surface area (Å²) in [4.78, 5) is 8.88. The van der Waals surface area contributed by atoms with E-state index in [1.54, 1.807) is 6.20 Å². The van der Waals surface area contributed by atoms with Crippen LogP contribution in [0.5, 0.6) is 0 Å². The van der Waals surface area contributed by atoms with Crippen LogP contribution in [-0.2, 0) is 13.0 Å². The molecule has 0 fully saturated rings. The Morgan fingerprint density at radius 3 is 2.58 bits per heavy atom. The van der Waals surface area contributed by atoms with E-state index < -0.39 is 0 Å². The lowest BCUT2D eigenvalue weighted by Gasteiger charge is -2.10. The van der Waals surface area contributed by atoms with Gasteiger partial charge in [0.15, 0.2) is 0 Å². The number of aromatic nitrogens is 4. The van der Waals surface area contributed by atoms with Crippen LogP contribution in [0.25, 0.3) is 0 Å². The third-order valence-electron chi connectivity index (χ3n) is 2.65. The van der Waals surface area contributed by atoms with Gasteiger partial charge in [0.2, 0.25) is 0 Å². The Balaban J connectivity index is 1.96. The molecule has 0 amide bonds. The first-order valence-electron chi connectivity index (χ1n) is 6.65. The minimum atomic E-state index is 0.785. The number of anilines is 2. The number of rotatable bonds is 7. The van der Waals surface area contributed by atoms with Crippen molar-refractivity contribution in [3.8, 4) is 0 Å². The Hall–Kier alpha value is -2.11. The van der Waals surface area contributed by atoms with E-state index in [0.29, 0.717) is 0 Å². The summed E-state index contributed by atoms with van der Waals surface area (Å²) in [5.41, 5.74) is 0. The predicted molar refractivity (Wildman–Crippen MR) is 76.3 cm³/mol. The van der Waals surface area contributed by atoms with Gasteiger partial charge in [-0.2, -0.15) is 5.10 Å². The van der Waals surface area contributed by atoms with Gasteiger partial charge < -0.3 is 10.6 Å². The monoisotopic (exact) mass is 260 g/mol. The van der Waals surface area contributed by atoms with Crippen LogP contribution in [0, 0.1) is 0 Å². The van der Waals surface area contributed by atoms with Crippen LogP contribution >= 0.6 is 0 Å². The summed E-state index contributed by atoms with van der Waals surface area (Å²) in [6.45, 7) is 6.56. The van der Waals surface area contributed by atoms with Crippen molar-refractivity contribution in [1.82, 2.24) is 19.7 Å². The van der Waals surface area contributed by atoms with Gasteiger partial charge in [-0.05, 0) is 13.0 Å². The normalized spacial score (nSPS) is 10.4. The van der Waals surface area contributed by atoms with Gasteiger partial charge in [-0.3, -0.25) is 4.68 Å². The standard InChI is InChI=1S/C13H20N6/c1-3-11-17-12(14-4-2)10-13(18-11)15-7-9-19-8-5-6-16-19/h5-6,8,10H,3-4,7,9H2,1-2H3,(H2,14,15,17,18). The first-order chi connectivity index (χ1) is 9.31. The zero-order chi connectivity index (χ0) is 13.5. The van der Waals surface area contributed by atoms with Crippen LogP contribution < -0.4 is 10.6 Å². The smallest absolute Gasteiger partial charge is 0.132 e. The molecule has 2 aromatic heterocycles. The molecule has 6 nitrogen and oxygen atoms in total. The summed E-state index contributed by atoms with van der Waals surface area (Å²) in [7, 11) is 0. The van der Waals surface area contributed by atoms with E-state index in [1.807, 2.05) is 23.0 Å². The molecular weight excluding hydrogens is 240 g/mol. The maximum Gasteiger partial charge on any atom is 0.132 e. The number of hydrogen-bond acceptors (Lipinski definition) is 5. The van der Waals surface area contributed by atoms with Gasteiger partial charge in [0.1, 0.15) is 17.5 Å². The molecule has 0 aliphatic heterocycles. The van der Waals surface area contributed by atoms with Crippen LogP contribution in [-0.4, -0.2) is 32.8 Å². The molecule has 0 saturated carbocycles. The van der Waals surface area contributed by atoms with Crippen molar-refractivity contribution in [2.75, 3.05) is 23.7 Å². The fourth-order valence-corrected chi connectivity index (χ4v) is 1.75. The summed E-state index contributed by atoms with van der Waals surface area (Å²) in [5, 5.41) is 10.7. The molecule has 0 aliphatic rings. The highest BCUT2D eigenvalue weighted by molar-refractivity contribution is 5.47. The molecule has 0 bridgehead atoms. The topological polar surface area (TPSA) is 67.7 Å². The zero-order valence-corrected chi connectivity index (χ0v) is 11.4. The fourth-order valence-electron chi connectivity index (χ4n) is 1.75. The molecule has 2 aromatic rings. The Morgan fingerprint density at radius 2 is 1.95 bits per heavy atom. The van der Waals surface area contributed by atoms with Crippen molar-refractivity contribution in [1.29, 1.82) is 0 Å². The van der Waals surface area contributed by atoms with Gasteiger partial charge in [-0.25, -0.2) is 9.97 Å². The van der Waals surface area contributed by atoms with Crippen molar-refractivity contribution in [3.63, 3.8) is 0 Å². The van der Waals surface area contributed by atoms with E-state index in [4.69, 9.17) is 0 Å². The molecule has 0 spiro atoms. The summed E-state index contributed by atoms with van der Waals surface area (Å²) in [5.74, 6) is 2.57. The number of aryl methyl sites for hydroxylation is 1. The van der Waals surface area contributed by atoms with E-state index in [1.165, 1.54) is 0 Å². The average molecular weight is 260 g/mol. The van der Waals surface area contributed by atoms with Crippen molar-refractivity contribution >= 4 is 11.6 Å². The highest BCUT2D eigenvalue weighted by atomic mass is 15.3. The molecule has 0 saturated heterocycles. The van der Waals surface area contributed by atoms with Crippen LogP contribution in [0.3, 0.4) is 0 Å². The summed E-state index contributed by atoms with van der Waals surface area (Å²) >= 11 is 0. The minimum Gasteiger partial charge on any atom is -0.370 e. The van der Waals surface area contributed by atoms with E-state index in [9.17, 15) is 0 Å². The quantitative estimate of drug-likeness (QED) is 0.794. The lowest BCUT2D eigenvalue weighted by molar-refractivity contribution is 0.637. The maximum absolute atomic E-state index is 4.46. The van der Waals surface area contributed by atoms with E-state index in [-0.39, 0.29) is 0 Å². The van der Waals surface area contributed by atoms with Gasteiger partial charge in [0.25, 0.3) is 0 Å². The Morgan fingerprint density at radius 1 is 1.16 bits per heavy atom. The number of hydrogen-bond donors (Lipinski definition) is 2. The van der Waals surface area contributed by atoms with Gasteiger partial charge in [0.05, 0.1) is 6.54 Å². The van der Waals surface area contributed by atoms with Gasteiger partial charge in [0, 0.05) is 38.0 Å². The van der Waals surface area contributed by atoms with Crippen molar-refractivity contribution < 1.29 is 0 Å². The second-order valence-corrected chi connectivity index (χ2v) is 4.13. The van der Waals surface area contributed by atoms with E-state index >= 15 is 0 Å². The summed E-state index contributed by atoms with van der Waals surface area (Å²) in [6, 6.07) is 3.86. The second kappa shape index (κ2) is 6.72. The van der Waals surface area contributed by atoms with Crippen molar-refractivity contribution in [3.05, 3.63) is 30.4 Å². The second-order valence-electron chi connectivity index (χ2n) is 4.13. The molecule has 0 atom stereocenters. The molecule has 2 rings (SSSR count). The summed E-state index contributed by atoms with van der Waals surface area (Å²) in [6.07, 6.45) is 4.55. The van der Waals surface area contributed by atoms with Crippen LogP contribution in [0.4, 0.5) is 11.6 Å². The third-order valence-corrected chi connectivity index (χ3v) is 2.65. The molecule has 0 aromatic carbocycles. The van der Waals surface area contributed by atoms with Crippen LogP contribution in [0.1, 0.15) is 19.7 Å². The highest BCUT2D eigenvalue weighted by Gasteiger charge is 2.02. The van der Waals surface area contributed by atoms with Crippen LogP contribution in [0.2, 0.25) is 0 Å². The number of nitrogens with zero attached hydrogens (tertiary/aromatic N) is 4. The first-order valence-corrected chi connectivity index (χ1v) is 6.65. The Kier molecular flexibility index (Phi) is 4.72. The van der Waals surface area contributed by atoms with Crippen LogP contribution in [0.15, 0.2) is 24.5 Å². The molecule has 6 heteroatoms. The van der Waals surface area contributed by atoms with Crippen molar-refractivity contribution in [2.45, 2.75) is 26.8 Å². The van der Waals surface area contributed by atoms with Crippen molar-refractivity contribution in [2.24, 2.45) is 0 Å². The van der Waals surface area contributed by atoms with Gasteiger partial charge in [-0.1, -0.05) is 6.92 Å². The maximum atomic E-state index is 4.46. The SMILES string of the molecule is CCNc1cc(NCCn2cccn2)nc(CC)n1. The molecule has 102 valence electrons. The Labute approximate surface area is 113 Å². The highest BCUT2D eigenvalue weighted by Crippen LogP contribution is 2.11. The number of nitrogens with one attached hydrogen (secondary N) is 2. The van der Waals surface area contributed by atoms with E-state index in [2.05, 4.69) is 39.5 Å². The molecule has 0 radical (unpaired) electrons.